The van der Waals surface area contributed by atoms with E-state index in [4.69, 9.17) is 9.47 Å². The van der Waals surface area contributed by atoms with Gasteiger partial charge in [-0.1, -0.05) is 47.1 Å². The summed E-state index contributed by atoms with van der Waals surface area (Å²) in [7, 11) is 3.35. The summed E-state index contributed by atoms with van der Waals surface area (Å²) in [5, 5.41) is 7.88. The zero-order valence-electron chi connectivity index (χ0n) is 19.8. The molecule has 2 N–H and O–H groups in total. The molecule has 1 aliphatic rings. The van der Waals surface area contributed by atoms with Gasteiger partial charge >= 0.3 is 0 Å². The summed E-state index contributed by atoms with van der Waals surface area (Å²) in [5.41, 5.74) is 1.53. The van der Waals surface area contributed by atoms with Gasteiger partial charge in [-0.2, -0.15) is 0 Å². The second-order valence-electron chi connectivity index (χ2n) is 8.13. The van der Waals surface area contributed by atoms with Crippen molar-refractivity contribution in [3.63, 3.8) is 0 Å². The summed E-state index contributed by atoms with van der Waals surface area (Å²) in [6.45, 7) is 2.23. The molecule has 2 atom stereocenters. The molecular weight excluding hydrogens is 534 g/mol. The summed E-state index contributed by atoms with van der Waals surface area (Å²) < 4.78 is 12.6. The number of hydrogen-bond donors (Lipinski definition) is 2. The van der Waals surface area contributed by atoms with E-state index in [-0.39, 0.29) is 43.4 Å². The van der Waals surface area contributed by atoms with Gasteiger partial charge in [-0.05, 0) is 54.6 Å². The highest BCUT2D eigenvalue weighted by Gasteiger charge is 2.34. The maximum Gasteiger partial charge on any atom is 0.253 e. The lowest BCUT2D eigenvalue weighted by molar-refractivity contribution is -0.129. The quantitative estimate of drug-likeness (QED) is 0.445. The van der Waals surface area contributed by atoms with E-state index < -0.39 is 6.04 Å². The number of anilines is 1. The Morgan fingerprint density at radius 2 is 2.00 bits per heavy atom. The van der Waals surface area contributed by atoms with Crippen molar-refractivity contribution in [2.24, 2.45) is 0 Å². The van der Waals surface area contributed by atoms with Crippen LogP contribution in [0, 0.1) is 0 Å². The van der Waals surface area contributed by atoms with E-state index in [0.717, 1.165) is 20.8 Å². The molecule has 0 bridgehead atoms. The lowest BCUT2D eigenvalue weighted by Crippen LogP contribution is -2.54. The first kappa shape index (κ1) is 26.8. The molecule has 0 saturated heterocycles. The van der Waals surface area contributed by atoms with Crippen molar-refractivity contribution in [2.45, 2.75) is 32.0 Å². The van der Waals surface area contributed by atoms with Crippen molar-refractivity contribution in [1.29, 1.82) is 0 Å². The van der Waals surface area contributed by atoms with Crippen molar-refractivity contribution in [3.05, 3.63) is 64.6 Å². The molecule has 0 saturated carbocycles. The maximum atomic E-state index is 13.8. The Labute approximate surface area is 219 Å². The second-order valence-corrected chi connectivity index (χ2v) is 9.04. The standard InChI is InChI=1S/C26H28BrN3O4.ClH/c1-4-20(28-2)25(31)29-21-15-34-24-8-6-5-7-22(24)30(26(21)32)14-19-18-11-10-17(27)13-16(18)9-12-23(19)33-3;/h5-13,20-21,28H,4,14-15H2,1-3H3,(H,29,31);1H/t20-,21-;/m0./s1. The van der Waals surface area contributed by atoms with Crippen LogP contribution in [0.2, 0.25) is 0 Å². The molecule has 3 aromatic rings. The van der Waals surface area contributed by atoms with Crippen LogP contribution in [0.1, 0.15) is 18.9 Å². The monoisotopic (exact) mass is 561 g/mol. The number of methoxy groups -OCH3 is 1. The van der Waals surface area contributed by atoms with E-state index in [1.165, 1.54) is 0 Å². The first-order valence-electron chi connectivity index (χ1n) is 11.2. The number of para-hydroxylation sites is 2. The summed E-state index contributed by atoms with van der Waals surface area (Å²) in [5.74, 6) is 0.813. The number of hydrogen-bond acceptors (Lipinski definition) is 5. The molecule has 0 aromatic heterocycles. The average molecular weight is 563 g/mol. The number of fused-ring (bicyclic) bond motifs is 2. The van der Waals surface area contributed by atoms with Crippen LogP contribution in [-0.2, 0) is 16.1 Å². The minimum absolute atomic E-state index is 0. The number of nitrogens with zero attached hydrogens (tertiary/aromatic N) is 1. The fourth-order valence-corrected chi connectivity index (χ4v) is 4.65. The molecule has 35 heavy (non-hydrogen) atoms. The lowest BCUT2D eigenvalue weighted by Gasteiger charge is -2.27. The van der Waals surface area contributed by atoms with E-state index in [2.05, 4.69) is 26.6 Å². The Balaban J connectivity index is 0.00000342. The van der Waals surface area contributed by atoms with Gasteiger partial charge in [-0.15, -0.1) is 12.4 Å². The molecular formula is C26H29BrClN3O4. The van der Waals surface area contributed by atoms with Crippen LogP contribution in [-0.4, -0.2) is 44.7 Å². The van der Waals surface area contributed by atoms with Crippen LogP contribution in [0.3, 0.4) is 0 Å². The largest absolute Gasteiger partial charge is 0.496 e. The van der Waals surface area contributed by atoms with Crippen LogP contribution in [0.25, 0.3) is 10.8 Å². The Bertz CT molecular complexity index is 1220. The predicted octanol–water partition coefficient (Wildman–Crippen LogP) is 4.44. The van der Waals surface area contributed by atoms with Gasteiger partial charge < -0.3 is 25.0 Å². The zero-order chi connectivity index (χ0) is 24.2. The smallest absolute Gasteiger partial charge is 0.253 e. The molecule has 1 heterocycles. The third-order valence-corrected chi connectivity index (χ3v) is 6.60. The second kappa shape index (κ2) is 11.7. The van der Waals surface area contributed by atoms with E-state index in [9.17, 15) is 9.59 Å². The zero-order valence-corrected chi connectivity index (χ0v) is 22.2. The summed E-state index contributed by atoms with van der Waals surface area (Å²) in [6.07, 6.45) is 0.608. The van der Waals surface area contributed by atoms with Crippen LogP contribution in [0.5, 0.6) is 11.5 Å². The third-order valence-electron chi connectivity index (χ3n) is 6.10. The number of benzene rings is 3. The number of halogens is 2. The van der Waals surface area contributed by atoms with Gasteiger partial charge in [0.05, 0.1) is 25.4 Å². The van der Waals surface area contributed by atoms with Crippen molar-refractivity contribution < 1.29 is 19.1 Å². The molecule has 0 unspecified atom stereocenters. The van der Waals surface area contributed by atoms with Crippen LogP contribution in [0.4, 0.5) is 5.69 Å². The minimum atomic E-state index is -0.822. The normalized spacial score (nSPS) is 15.9. The Morgan fingerprint density at radius 3 is 2.71 bits per heavy atom. The summed E-state index contributed by atoms with van der Waals surface area (Å²) >= 11 is 3.53. The number of rotatable bonds is 7. The third kappa shape index (κ3) is 5.55. The van der Waals surface area contributed by atoms with Gasteiger partial charge in [0, 0.05) is 10.0 Å². The van der Waals surface area contributed by atoms with E-state index >= 15 is 0 Å². The van der Waals surface area contributed by atoms with Gasteiger partial charge in [-0.25, -0.2) is 0 Å². The first-order valence-corrected chi connectivity index (χ1v) is 12.0. The van der Waals surface area contributed by atoms with E-state index in [1.807, 2.05) is 61.5 Å². The highest BCUT2D eigenvalue weighted by atomic mass is 79.9. The van der Waals surface area contributed by atoms with E-state index in [0.29, 0.717) is 23.6 Å². The molecule has 3 aromatic carbocycles. The lowest BCUT2D eigenvalue weighted by atomic mass is 10.0. The Morgan fingerprint density at radius 1 is 1.23 bits per heavy atom. The SMILES string of the molecule is CC[C@H](NC)C(=O)N[C@H]1COc2ccccc2N(Cc2c(OC)ccc3cc(Br)ccc23)C1=O.Cl. The summed E-state index contributed by atoms with van der Waals surface area (Å²) in [4.78, 5) is 28.2. The van der Waals surface area contributed by atoms with E-state index in [1.54, 1.807) is 19.1 Å². The van der Waals surface area contributed by atoms with Crippen molar-refractivity contribution in [1.82, 2.24) is 10.6 Å². The van der Waals surface area contributed by atoms with Gasteiger partial charge in [0.2, 0.25) is 5.91 Å². The number of amides is 2. The minimum Gasteiger partial charge on any atom is -0.496 e. The average Bonchev–Trinajstić information content (AvgIpc) is 2.97. The number of carbonyl (C=O) groups is 2. The number of carbonyl (C=O) groups excluding carboxylic acids is 2. The molecule has 186 valence electrons. The van der Waals surface area contributed by atoms with Crippen molar-refractivity contribution in [3.8, 4) is 11.5 Å². The molecule has 0 spiro atoms. The fraction of sp³-hybridized carbons (Fsp3) is 0.308. The maximum absolute atomic E-state index is 13.8. The fourth-order valence-electron chi connectivity index (χ4n) is 4.27. The van der Waals surface area contributed by atoms with Gasteiger partial charge in [0.25, 0.3) is 5.91 Å². The van der Waals surface area contributed by atoms with Gasteiger partial charge in [-0.3, -0.25) is 9.59 Å². The molecule has 2 amide bonds. The topological polar surface area (TPSA) is 79.9 Å². The molecule has 4 rings (SSSR count). The first-order chi connectivity index (χ1) is 16.5. The molecule has 0 aliphatic carbocycles. The molecule has 0 fully saturated rings. The number of nitrogens with one attached hydrogen (secondary N) is 2. The van der Waals surface area contributed by atoms with Crippen LogP contribution in [0.15, 0.2) is 59.1 Å². The highest BCUT2D eigenvalue weighted by Crippen LogP contribution is 2.36. The number of ether oxygens (including phenoxy) is 2. The Kier molecular flexibility index (Phi) is 8.99. The molecule has 1 aliphatic heterocycles. The van der Waals surface area contributed by atoms with Crippen LogP contribution >= 0.6 is 28.3 Å². The highest BCUT2D eigenvalue weighted by molar-refractivity contribution is 9.10. The number of likely N-dealkylation sites (N-methyl/N-ethyl adjacent to an activating group) is 1. The molecule has 9 heteroatoms. The van der Waals surface area contributed by atoms with Crippen molar-refractivity contribution >= 4 is 56.6 Å². The van der Waals surface area contributed by atoms with Gasteiger partial charge in [0.1, 0.15) is 24.1 Å². The molecule has 7 nitrogen and oxygen atoms in total. The Hall–Kier alpha value is -2.81. The summed E-state index contributed by atoms with van der Waals surface area (Å²) in [6, 6.07) is 16.1. The van der Waals surface area contributed by atoms with Gasteiger partial charge in [0.15, 0.2) is 0 Å². The van der Waals surface area contributed by atoms with Crippen molar-refractivity contribution in [2.75, 3.05) is 25.7 Å². The molecule has 0 radical (unpaired) electrons. The predicted molar refractivity (Wildman–Crippen MR) is 144 cm³/mol. The van der Waals surface area contributed by atoms with Crippen LogP contribution < -0.4 is 25.0 Å².